The Morgan fingerprint density at radius 1 is 1.07 bits per heavy atom. The molecule has 2 fully saturated rings. The Hall–Kier alpha value is -3.60. The molecule has 0 aromatic carbocycles. The van der Waals surface area contributed by atoms with Crippen LogP contribution in [0, 0.1) is 30.6 Å². The minimum atomic E-state index is -0.817. The topological polar surface area (TPSA) is 138 Å². The Morgan fingerprint density at radius 3 is 2.36 bits per heavy atom. The number of aliphatic hydroxyl groups excluding tert-OH is 1. The first-order valence-electron chi connectivity index (χ1n) is 16.4. The van der Waals surface area contributed by atoms with Gasteiger partial charge in [0.1, 0.15) is 17.6 Å². The fourth-order valence-electron chi connectivity index (χ4n) is 7.43. The lowest BCUT2D eigenvalue weighted by Gasteiger charge is -2.41. The van der Waals surface area contributed by atoms with E-state index >= 15 is 4.39 Å². The molecule has 44 heavy (non-hydrogen) atoms. The van der Waals surface area contributed by atoms with Crippen LogP contribution in [0.5, 0.6) is 0 Å². The predicted octanol–water partition coefficient (Wildman–Crippen LogP) is 5.57. The molecule has 2 amide bonds. The molecule has 2 aliphatic carbocycles. The summed E-state index contributed by atoms with van der Waals surface area (Å²) in [6.45, 7) is 4.18. The van der Waals surface area contributed by atoms with Crippen LogP contribution in [0.25, 0.3) is 11.1 Å². The molecule has 10 nitrogen and oxygen atoms in total. The number of H-pyrrole nitrogens is 1. The molecule has 0 aliphatic heterocycles. The molecule has 3 aromatic heterocycles. The lowest BCUT2D eigenvalue weighted by atomic mass is 9.66. The van der Waals surface area contributed by atoms with Gasteiger partial charge in [-0.05, 0) is 55.7 Å². The van der Waals surface area contributed by atoms with Crippen molar-refractivity contribution >= 4 is 17.6 Å². The molecular formula is C33H46FN7O3. The van der Waals surface area contributed by atoms with Crippen molar-refractivity contribution in [3.05, 3.63) is 47.4 Å². The predicted molar refractivity (Wildman–Crippen MR) is 166 cm³/mol. The summed E-state index contributed by atoms with van der Waals surface area (Å²) in [5.41, 5.74) is 2.87. The van der Waals surface area contributed by atoms with Gasteiger partial charge >= 0.3 is 0 Å². The van der Waals surface area contributed by atoms with Crippen molar-refractivity contribution in [3.8, 4) is 11.1 Å². The number of carbonyl (C=O) groups is 2. The lowest BCUT2D eigenvalue weighted by molar-refractivity contribution is -0.121. The highest BCUT2D eigenvalue weighted by atomic mass is 19.1. The van der Waals surface area contributed by atoms with Crippen LogP contribution in [-0.4, -0.2) is 54.5 Å². The molecule has 0 radical (unpaired) electrons. The molecule has 0 saturated heterocycles. The highest BCUT2D eigenvalue weighted by Crippen LogP contribution is 2.42. The fraction of sp³-hybridized carbons (Fsp3) is 0.606. The van der Waals surface area contributed by atoms with E-state index in [1.165, 1.54) is 12.8 Å². The van der Waals surface area contributed by atoms with Gasteiger partial charge in [0, 0.05) is 36.2 Å². The van der Waals surface area contributed by atoms with Gasteiger partial charge in [0.05, 0.1) is 5.69 Å². The van der Waals surface area contributed by atoms with E-state index in [0.717, 1.165) is 62.8 Å². The summed E-state index contributed by atoms with van der Waals surface area (Å²) in [5, 5.41) is 26.8. The number of pyridine rings is 1. The van der Waals surface area contributed by atoms with Gasteiger partial charge in [0.2, 0.25) is 11.9 Å². The number of aromatic nitrogens is 5. The number of aromatic amines is 1. The van der Waals surface area contributed by atoms with E-state index in [1.54, 1.807) is 29.1 Å². The van der Waals surface area contributed by atoms with Gasteiger partial charge in [-0.3, -0.25) is 19.4 Å². The Morgan fingerprint density at radius 2 is 1.75 bits per heavy atom. The van der Waals surface area contributed by atoms with E-state index in [1.807, 2.05) is 13.8 Å². The minimum Gasteiger partial charge on any atom is -0.396 e. The summed E-state index contributed by atoms with van der Waals surface area (Å²) in [6.07, 6.45) is 13.6. The number of hydrogen-bond acceptors (Lipinski definition) is 6. The number of nitrogens with one attached hydrogen (secondary N) is 3. The second-order valence-corrected chi connectivity index (χ2v) is 12.4. The zero-order valence-electron chi connectivity index (χ0n) is 25.9. The molecular weight excluding hydrogens is 561 g/mol. The van der Waals surface area contributed by atoms with E-state index < -0.39 is 12.0 Å². The number of halogens is 1. The average molecular weight is 608 g/mol. The molecule has 2 aliphatic rings. The number of rotatable bonds is 12. The zero-order chi connectivity index (χ0) is 31.1. The van der Waals surface area contributed by atoms with Crippen LogP contribution in [0.15, 0.2) is 24.4 Å². The zero-order valence-corrected chi connectivity index (χ0v) is 25.9. The monoisotopic (exact) mass is 607 g/mol. The van der Waals surface area contributed by atoms with Crippen LogP contribution in [-0.2, 0) is 17.8 Å². The van der Waals surface area contributed by atoms with Crippen LogP contribution in [0.4, 0.5) is 10.2 Å². The summed E-state index contributed by atoms with van der Waals surface area (Å²) >= 11 is 0. The van der Waals surface area contributed by atoms with Crippen molar-refractivity contribution in [2.24, 2.45) is 17.8 Å². The largest absolute Gasteiger partial charge is 0.396 e. The second kappa shape index (κ2) is 14.9. The van der Waals surface area contributed by atoms with Crippen molar-refractivity contribution in [1.29, 1.82) is 0 Å². The third-order valence-electron chi connectivity index (χ3n) is 9.55. The highest BCUT2D eigenvalue weighted by Gasteiger charge is 2.41. The van der Waals surface area contributed by atoms with Crippen molar-refractivity contribution in [1.82, 2.24) is 30.3 Å². The number of nitrogens with zero attached hydrogens (tertiary/aromatic N) is 4. The maximum atomic E-state index is 15.4. The van der Waals surface area contributed by atoms with Gasteiger partial charge in [-0.2, -0.15) is 14.6 Å². The number of carbonyl (C=O) groups excluding carboxylic acids is 2. The first-order chi connectivity index (χ1) is 21.4. The van der Waals surface area contributed by atoms with E-state index in [9.17, 15) is 14.7 Å². The van der Waals surface area contributed by atoms with Crippen molar-refractivity contribution in [2.45, 2.75) is 103 Å². The maximum absolute atomic E-state index is 15.4. The third-order valence-corrected chi connectivity index (χ3v) is 9.55. The third kappa shape index (κ3) is 7.20. The van der Waals surface area contributed by atoms with Gasteiger partial charge in [-0.25, -0.2) is 4.98 Å². The summed E-state index contributed by atoms with van der Waals surface area (Å²) in [6, 6.07) is 4.06. The van der Waals surface area contributed by atoms with Crippen molar-refractivity contribution in [3.63, 3.8) is 0 Å². The molecule has 4 N–H and O–H groups in total. The Bertz CT molecular complexity index is 1390. The van der Waals surface area contributed by atoms with Crippen LogP contribution in [0.3, 0.4) is 0 Å². The summed E-state index contributed by atoms with van der Waals surface area (Å²) in [4.78, 5) is 32.1. The molecule has 0 bridgehead atoms. The molecule has 1 atom stereocenters. The van der Waals surface area contributed by atoms with Gasteiger partial charge in [0.25, 0.3) is 5.91 Å². The minimum absolute atomic E-state index is 0.0142. The van der Waals surface area contributed by atoms with Crippen LogP contribution < -0.4 is 10.6 Å². The summed E-state index contributed by atoms with van der Waals surface area (Å²) < 4.78 is 17.0. The van der Waals surface area contributed by atoms with Gasteiger partial charge < -0.3 is 15.7 Å². The highest BCUT2D eigenvalue weighted by molar-refractivity contribution is 6.00. The summed E-state index contributed by atoms with van der Waals surface area (Å²) in [5.74, 6) is -0.765. The Balaban J connectivity index is 1.45. The molecule has 0 spiro atoms. The SMILES string of the molecule is CCc1n[nH]c(C)c1-c1ccc(NC(=O)[C@@H](NC(=O)c2ccnn2CCCO)C(C2CCCCC2)C2CCCCC2)nc1F. The van der Waals surface area contributed by atoms with Gasteiger partial charge in [0.15, 0.2) is 0 Å². The van der Waals surface area contributed by atoms with Crippen LogP contribution in [0.2, 0.25) is 0 Å². The smallest absolute Gasteiger partial charge is 0.270 e. The normalized spacial score (nSPS) is 17.1. The van der Waals surface area contributed by atoms with Crippen LogP contribution >= 0.6 is 0 Å². The quantitative estimate of drug-likeness (QED) is 0.199. The van der Waals surface area contributed by atoms with Gasteiger partial charge in [-0.15, -0.1) is 0 Å². The number of hydrogen-bond donors (Lipinski definition) is 4. The number of aliphatic hydroxyl groups is 1. The molecule has 11 heteroatoms. The number of anilines is 1. The molecule has 5 rings (SSSR count). The first-order valence-corrected chi connectivity index (χ1v) is 16.4. The Kier molecular flexibility index (Phi) is 10.8. The van der Waals surface area contributed by atoms with Crippen molar-refractivity contribution in [2.75, 3.05) is 11.9 Å². The van der Waals surface area contributed by atoms with E-state index in [0.29, 0.717) is 48.0 Å². The number of amides is 2. The van der Waals surface area contributed by atoms with Gasteiger partial charge in [-0.1, -0.05) is 71.1 Å². The maximum Gasteiger partial charge on any atom is 0.270 e. The standard InChI is InChI=1S/C33H46FN7O3/c1-3-25-28(21(2)39-40-25)24-15-16-27(36-31(24)34)37-33(44)30(38-32(43)26-17-18-35-41(26)19-10-20-42)29(22-11-6-4-7-12-22)23-13-8-5-9-14-23/h15-18,22-23,29-30,42H,3-14,19-20H2,1-2H3,(H,38,43)(H,39,40)(H,36,37,44)/t30-/m0/s1. The molecule has 0 unspecified atom stereocenters. The second-order valence-electron chi connectivity index (χ2n) is 12.4. The Labute approximate surface area is 258 Å². The molecule has 2 saturated carbocycles. The van der Waals surface area contributed by atoms with E-state index in [2.05, 4.69) is 30.9 Å². The first kappa shape index (κ1) is 31.8. The molecule has 3 heterocycles. The average Bonchev–Trinajstić information content (AvgIpc) is 3.67. The van der Waals surface area contributed by atoms with E-state index in [4.69, 9.17) is 0 Å². The molecule has 3 aromatic rings. The van der Waals surface area contributed by atoms with Crippen LogP contribution in [0.1, 0.15) is 99.4 Å². The van der Waals surface area contributed by atoms with E-state index in [-0.39, 0.29) is 30.2 Å². The fourth-order valence-corrected chi connectivity index (χ4v) is 7.43. The lowest BCUT2D eigenvalue weighted by Crippen LogP contribution is -2.53. The van der Waals surface area contributed by atoms with Crippen molar-refractivity contribution < 1.29 is 19.1 Å². The summed E-state index contributed by atoms with van der Waals surface area (Å²) in [7, 11) is 0. The molecule has 238 valence electrons. The number of aryl methyl sites for hydroxylation is 3.